The van der Waals surface area contributed by atoms with Crippen LogP contribution in [-0.2, 0) is 29.8 Å². The standard InChI is InChI=1S/4Bi.3O3Si.3O/c;;;;3*1-4(2)3;;;/q4*+3;6*-2. The van der Waals surface area contributed by atoms with Crippen LogP contribution < -0.4 is 28.8 Å². The van der Waals surface area contributed by atoms with Crippen molar-refractivity contribution in [3.8, 4) is 0 Å². The zero-order valence-corrected chi connectivity index (χ0v) is 25.1. The summed E-state index contributed by atoms with van der Waals surface area (Å²) < 4.78 is 25.6. The molecule has 12 nitrogen and oxygen atoms in total. The van der Waals surface area contributed by atoms with Crippen LogP contribution in [0.4, 0.5) is 0 Å². The van der Waals surface area contributed by atoms with Crippen molar-refractivity contribution < 1.29 is 58.6 Å². The summed E-state index contributed by atoms with van der Waals surface area (Å²) in [6, 6.07) is 0. The van der Waals surface area contributed by atoms with E-state index in [1.54, 1.807) is 0 Å². The van der Waals surface area contributed by atoms with Crippen molar-refractivity contribution in [2.45, 2.75) is 0 Å². The fourth-order valence-electron chi connectivity index (χ4n) is 0. The molecule has 0 N–H and O–H groups in total. The van der Waals surface area contributed by atoms with Crippen molar-refractivity contribution in [3.05, 3.63) is 0 Å². The maximum atomic E-state index is 8.52. The van der Waals surface area contributed by atoms with E-state index >= 15 is 0 Å². The van der Waals surface area contributed by atoms with Crippen LogP contribution >= 0.6 is 0 Å². The molecule has 0 aliphatic heterocycles. The van der Waals surface area contributed by atoms with Gasteiger partial charge in [-0.2, -0.15) is 0 Å². The van der Waals surface area contributed by atoms with E-state index in [1.165, 1.54) is 0 Å². The van der Waals surface area contributed by atoms with E-state index in [-0.39, 0.29) is 121 Å². The monoisotopic (exact) mass is 1110 g/mol. The Labute approximate surface area is 188 Å². The van der Waals surface area contributed by atoms with E-state index in [0.29, 0.717) is 0 Å². The van der Waals surface area contributed by atoms with E-state index < -0.39 is 27.5 Å². The molecule has 0 saturated heterocycles. The first kappa shape index (κ1) is 68.8. The SMILES string of the molecule is O=[Si]([O-])[O-].O=[Si]([O-])[O-].O=[Si]([O-])[O-].[Bi+3].[Bi+3].[Bi+3].[Bi+3].[O-2].[O-2].[O-2]. The third kappa shape index (κ3) is 1320. The smallest absolute Gasteiger partial charge is 2.00 e. The minimum Gasteiger partial charge on any atom is -2.00 e. The van der Waals surface area contributed by atoms with Gasteiger partial charge in [0.25, 0.3) is 0 Å². The molecule has 0 atom stereocenters. The van der Waals surface area contributed by atoms with Crippen molar-refractivity contribution >= 4 is 132 Å². The van der Waals surface area contributed by atoms with Gasteiger partial charge in [0.1, 0.15) is 0 Å². The Morgan fingerprint density at radius 2 is 0.421 bits per heavy atom. The first-order valence-corrected chi connectivity index (χ1v) is 5.51. The van der Waals surface area contributed by atoms with Gasteiger partial charge in [-0.25, -0.2) is 0 Å². The van der Waals surface area contributed by atoms with Gasteiger partial charge in [0, 0.05) is 27.5 Å². The summed E-state index contributed by atoms with van der Waals surface area (Å²) in [5, 5.41) is 0. The summed E-state index contributed by atoms with van der Waals surface area (Å²) in [5.41, 5.74) is 0. The first-order chi connectivity index (χ1) is 5.20. The average molecular weight is 1110 g/mol. The van der Waals surface area contributed by atoms with Crippen molar-refractivity contribution in [3.63, 3.8) is 0 Å². The van der Waals surface area contributed by atoms with Crippen LogP contribution in [0.15, 0.2) is 0 Å². The van der Waals surface area contributed by atoms with Gasteiger partial charge in [-0.1, -0.05) is 0 Å². The van der Waals surface area contributed by atoms with E-state index in [4.69, 9.17) is 42.2 Å². The molecule has 104 valence electrons. The summed E-state index contributed by atoms with van der Waals surface area (Å²) in [6.07, 6.45) is 0. The van der Waals surface area contributed by atoms with E-state index in [2.05, 4.69) is 0 Å². The molecule has 0 spiro atoms. The van der Waals surface area contributed by atoms with Crippen LogP contribution in [0.3, 0.4) is 0 Å². The van der Waals surface area contributed by atoms with Crippen molar-refractivity contribution in [1.29, 1.82) is 0 Å². The Balaban J connectivity index is -0.00000000675. The second-order valence-electron chi connectivity index (χ2n) is 0.750. The van der Waals surface area contributed by atoms with Crippen LogP contribution in [0.5, 0.6) is 0 Å². The molecule has 0 unspecified atom stereocenters. The summed E-state index contributed by atoms with van der Waals surface area (Å²) in [5.74, 6) is 0. The van der Waals surface area contributed by atoms with Crippen LogP contribution in [0.2, 0.25) is 0 Å². The molecule has 0 heterocycles. The zero-order chi connectivity index (χ0) is 10.7. The Morgan fingerprint density at radius 1 is 0.421 bits per heavy atom. The third-order valence-corrected chi connectivity index (χ3v) is 0. The molecular formula is Bi4O12Si3. The van der Waals surface area contributed by atoms with Gasteiger partial charge in [0.15, 0.2) is 0 Å². The van der Waals surface area contributed by atoms with Crippen molar-refractivity contribution in [2.75, 3.05) is 0 Å². The van der Waals surface area contributed by atoms with Gasteiger partial charge in [-0.05, 0) is 0 Å². The summed E-state index contributed by atoms with van der Waals surface area (Å²) in [6.45, 7) is 0. The fourth-order valence-corrected chi connectivity index (χ4v) is 0. The molecule has 0 aliphatic carbocycles. The van der Waals surface area contributed by atoms with Crippen LogP contribution in [0.1, 0.15) is 0 Å². The molecule has 0 bridgehead atoms. The second kappa shape index (κ2) is 59.3. The minimum absolute atomic E-state index is 0. The minimum atomic E-state index is -3.63. The van der Waals surface area contributed by atoms with Gasteiger partial charge < -0.3 is 58.6 Å². The zero-order valence-electron chi connectivity index (χ0n) is 8.19. The largest absolute Gasteiger partial charge is 3.00 e. The Hall–Kier alpha value is 2.26. The first-order valence-electron chi connectivity index (χ1n) is 1.84. The van der Waals surface area contributed by atoms with Gasteiger partial charge in [-0.3, -0.25) is 0 Å². The molecule has 0 rings (SSSR count). The quantitative estimate of drug-likeness (QED) is 0.208. The fraction of sp³-hybridized carbons (Fsp3) is 0. The van der Waals surface area contributed by atoms with Crippen LogP contribution in [-0.4, -0.2) is 132 Å². The average Bonchev–Trinajstić information content (AvgIpc) is 1.54. The molecular weight excluding hydrogens is 1110 g/mol. The topological polar surface area (TPSA) is 275 Å². The predicted molar refractivity (Wildman–Crippen MR) is 44.4 cm³/mol. The van der Waals surface area contributed by atoms with Gasteiger partial charge in [-0.15, -0.1) is 0 Å². The van der Waals surface area contributed by atoms with Gasteiger partial charge in [0.05, 0.1) is 0 Å². The molecule has 8 radical (unpaired) electrons. The molecule has 0 saturated carbocycles. The number of hydrogen-bond donors (Lipinski definition) is 0. The van der Waals surface area contributed by atoms with Crippen molar-refractivity contribution in [1.82, 2.24) is 0 Å². The van der Waals surface area contributed by atoms with Gasteiger partial charge >= 0.3 is 105 Å². The molecule has 0 aromatic heterocycles. The molecule has 19 heteroatoms. The second-order valence-corrected chi connectivity index (χ2v) is 2.25. The maximum absolute atomic E-state index is 8.52. The van der Waals surface area contributed by atoms with E-state index in [0.717, 1.165) is 0 Å². The van der Waals surface area contributed by atoms with E-state index in [9.17, 15) is 0 Å². The third-order valence-electron chi connectivity index (χ3n) is 0. The summed E-state index contributed by atoms with van der Waals surface area (Å²) in [4.78, 5) is 51.1. The summed E-state index contributed by atoms with van der Waals surface area (Å²) >= 11 is 0. The molecule has 0 fully saturated rings. The van der Waals surface area contributed by atoms with Crippen molar-refractivity contribution in [2.24, 2.45) is 0 Å². The Kier molecular flexibility index (Phi) is 215. The molecule has 0 aromatic rings. The Bertz CT molecular complexity index is 123. The predicted octanol–water partition coefficient (Wildman–Crippen LogP) is -10.5. The molecule has 0 amide bonds. The molecule has 0 aliphatic rings. The normalized spacial score (nSPS) is 3.79. The molecule has 0 aromatic carbocycles. The van der Waals surface area contributed by atoms with E-state index in [1.807, 2.05) is 0 Å². The van der Waals surface area contributed by atoms with Crippen LogP contribution in [0.25, 0.3) is 0 Å². The number of rotatable bonds is 0. The van der Waals surface area contributed by atoms with Gasteiger partial charge in [0.2, 0.25) is 0 Å². The molecule has 19 heavy (non-hydrogen) atoms. The Morgan fingerprint density at radius 3 is 0.421 bits per heavy atom. The number of hydrogen-bond acceptors (Lipinski definition) is 9. The maximum Gasteiger partial charge on any atom is 3.00 e. The summed E-state index contributed by atoms with van der Waals surface area (Å²) in [7, 11) is -10.9. The van der Waals surface area contributed by atoms with Crippen LogP contribution in [0, 0.1) is 0 Å².